The molecule has 8 heteroatoms. The van der Waals surface area contributed by atoms with Crippen LogP contribution in [0.25, 0.3) is 0 Å². The van der Waals surface area contributed by atoms with Crippen molar-refractivity contribution in [3.05, 3.63) is 12.1 Å². The van der Waals surface area contributed by atoms with Gasteiger partial charge in [0, 0.05) is 16.2 Å². The van der Waals surface area contributed by atoms with E-state index in [2.05, 4.69) is 19.0 Å². The highest BCUT2D eigenvalue weighted by molar-refractivity contribution is 5.61. The van der Waals surface area contributed by atoms with Crippen molar-refractivity contribution >= 4 is 6.16 Å². The van der Waals surface area contributed by atoms with Gasteiger partial charge in [0.05, 0.1) is 27.2 Å². The molecule has 2 aliphatic heterocycles. The predicted molar refractivity (Wildman–Crippen MR) is 58.4 cm³/mol. The average molecular weight is 280 g/mol. The van der Waals surface area contributed by atoms with Gasteiger partial charge in [-0.25, -0.2) is 4.79 Å². The molecule has 3 rings (SSSR count). The molecule has 0 radical (unpaired) electrons. The van der Waals surface area contributed by atoms with E-state index in [1.807, 2.05) is 0 Å². The summed E-state index contributed by atoms with van der Waals surface area (Å²) in [5, 5.41) is 18.9. The van der Waals surface area contributed by atoms with Crippen LogP contribution in [0.1, 0.15) is 18.7 Å². The lowest BCUT2D eigenvalue weighted by Gasteiger charge is -2.15. The molecule has 2 fully saturated rings. The molecule has 3 heterocycles. The van der Waals surface area contributed by atoms with Gasteiger partial charge in [-0.05, 0) is 6.37 Å². The fourth-order valence-electron chi connectivity index (χ4n) is 1.33. The van der Waals surface area contributed by atoms with E-state index in [-0.39, 0.29) is 4.73 Å². The lowest BCUT2D eigenvalue weighted by molar-refractivity contribution is -0.0908. The Labute approximate surface area is 120 Å². The molecule has 0 aromatic carbocycles. The molecule has 2 N–H and O–H groups in total. The Kier molecular flexibility index (Phi) is 1.36. The number of fused-ring (bicyclic) bond motifs is 1. The number of carbonyl (C=O) groups is 1. The van der Waals surface area contributed by atoms with Gasteiger partial charge in [0.2, 0.25) is 11.8 Å². The molecule has 0 amide bonds. The second-order valence-corrected chi connectivity index (χ2v) is 3.31. The van der Waals surface area contributed by atoms with E-state index in [0.717, 1.165) is 12.1 Å². The molecule has 3 atom stereocenters. The second-order valence-electron chi connectivity index (χ2n) is 3.31. The van der Waals surface area contributed by atoms with Gasteiger partial charge in [-0.3, -0.25) is 4.84 Å². The summed E-state index contributed by atoms with van der Waals surface area (Å²) in [7, 11) is 0. The lowest BCUT2D eigenvalue weighted by Crippen LogP contribution is -2.30. The Balaban J connectivity index is 2.04. The summed E-state index contributed by atoms with van der Waals surface area (Å²) >= 11 is 0. The summed E-state index contributed by atoms with van der Waals surface area (Å²) < 4.78 is 84.2. The largest absolute Gasteiger partial charge is 0.534 e. The molecular weight excluding hydrogens is 258 g/mol. The molecule has 0 unspecified atom stereocenters. The van der Waals surface area contributed by atoms with Gasteiger partial charge < -0.3 is 24.4 Å². The van der Waals surface area contributed by atoms with Gasteiger partial charge in [0.1, 0.15) is 6.08 Å². The number of aromatic nitrogens is 1. The van der Waals surface area contributed by atoms with E-state index >= 15 is 0 Å². The van der Waals surface area contributed by atoms with E-state index in [1.54, 1.807) is 0 Å². The molecule has 0 spiro atoms. The van der Waals surface area contributed by atoms with E-state index in [9.17, 15) is 15.0 Å². The molecule has 1 aromatic rings. The van der Waals surface area contributed by atoms with Crippen molar-refractivity contribution < 1.29 is 46.4 Å². The lowest BCUT2D eigenvalue weighted by atomic mass is 10.0. The molecule has 8 nitrogen and oxygen atoms in total. The van der Waals surface area contributed by atoms with Gasteiger partial charge in [-0.1, -0.05) is 0 Å². The van der Waals surface area contributed by atoms with Crippen LogP contribution in [-0.2, 0) is 14.2 Å². The van der Waals surface area contributed by atoms with Crippen molar-refractivity contribution in [3.63, 3.8) is 0 Å². The standard InChI is InChI=1S/C11H13NO7/c13-8-1-2-9(14)12(8)19-11(15)18-7-5-17-10-6(7)3-4-16-10/h1-2,6-7,10,13-14H,3-5H2/t6-,7+,10+/m0/s1/i3D2,4D2,5D2,6D,7D,10D. The summed E-state index contributed by atoms with van der Waals surface area (Å²) in [5.41, 5.74) is 0. The summed E-state index contributed by atoms with van der Waals surface area (Å²) in [4.78, 5) is 16.4. The van der Waals surface area contributed by atoms with Crippen molar-refractivity contribution in [3.8, 4) is 11.8 Å². The number of ether oxygens (including phenoxy) is 3. The quantitative estimate of drug-likeness (QED) is 0.748. The number of rotatable bonds is 2. The van der Waals surface area contributed by atoms with Crippen LogP contribution in [-0.4, -0.2) is 46.6 Å². The smallest absolute Gasteiger partial charge is 0.492 e. The molecule has 19 heavy (non-hydrogen) atoms. The van der Waals surface area contributed by atoms with Crippen LogP contribution < -0.4 is 4.84 Å². The zero-order chi connectivity index (χ0) is 21.6. The fourth-order valence-corrected chi connectivity index (χ4v) is 1.33. The first-order chi connectivity index (χ1) is 12.5. The zero-order valence-corrected chi connectivity index (χ0v) is 9.04. The van der Waals surface area contributed by atoms with E-state index in [4.69, 9.17) is 12.3 Å². The summed E-state index contributed by atoms with van der Waals surface area (Å²) in [6, 6.07) is 1.80. The number of carbonyl (C=O) groups excluding carboxylic acids is 1. The van der Waals surface area contributed by atoms with Gasteiger partial charge in [0.15, 0.2) is 6.27 Å². The summed E-state index contributed by atoms with van der Waals surface area (Å²) in [6.45, 7) is -6.91. The SMILES string of the molecule is [2H]C1([2H])O[C@]2([2H])OC([2H])([2H])[C@@]([2H])(OC(=O)On3c(O)ccc3O)[C@]2([2H])C1([2H])[2H]. The maximum absolute atomic E-state index is 12.0. The Bertz CT molecular complexity index is 827. The monoisotopic (exact) mass is 280 g/mol. The molecule has 1 aromatic heterocycles. The van der Waals surface area contributed by atoms with Crippen LogP contribution in [0, 0.1) is 5.89 Å². The first-order valence-corrected chi connectivity index (χ1v) is 4.87. The van der Waals surface area contributed by atoms with Gasteiger partial charge in [-0.15, -0.1) is 4.73 Å². The normalized spacial score (nSPS) is 55.7. The molecular formula is C11H13NO7. The zero-order valence-electron chi connectivity index (χ0n) is 18.0. The first-order valence-electron chi connectivity index (χ1n) is 9.37. The van der Waals surface area contributed by atoms with Crippen LogP contribution in [0.3, 0.4) is 0 Å². The van der Waals surface area contributed by atoms with Crippen LogP contribution in [0.5, 0.6) is 11.8 Å². The second kappa shape index (κ2) is 4.63. The fraction of sp³-hybridized carbons (Fsp3) is 0.545. The summed E-state index contributed by atoms with van der Waals surface area (Å²) in [5.74, 6) is -5.20. The van der Waals surface area contributed by atoms with Crippen molar-refractivity contribution in [2.24, 2.45) is 5.89 Å². The van der Waals surface area contributed by atoms with Gasteiger partial charge in [0.25, 0.3) is 0 Å². The van der Waals surface area contributed by atoms with Gasteiger partial charge in [-0.2, -0.15) is 0 Å². The van der Waals surface area contributed by atoms with Crippen molar-refractivity contribution in [1.29, 1.82) is 0 Å². The van der Waals surface area contributed by atoms with E-state index in [0.29, 0.717) is 0 Å². The Morgan fingerprint density at radius 1 is 1.47 bits per heavy atom. The number of aromatic hydroxyl groups is 2. The molecule has 2 saturated heterocycles. The van der Waals surface area contributed by atoms with Crippen molar-refractivity contribution in [2.75, 3.05) is 13.1 Å². The number of hydrogen-bond acceptors (Lipinski definition) is 7. The molecule has 104 valence electrons. The highest BCUT2D eigenvalue weighted by Gasteiger charge is 2.44. The van der Waals surface area contributed by atoms with Crippen LogP contribution >= 0.6 is 0 Å². The minimum atomic E-state index is -3.72. The van der Waals surface area contributed by atoms with E-state index < -0.39 is 55.6 Å². The highest BCUT2D eigenvalue weighted by Crippen LogP contribution is 2.33. The first kappa shape index (κ1) is 5.59. The Morgan fingerprint density at radius 3 is 2.95 bits per heavy atom. The predicted octanol–water partition coefficient (Wildman–Crippen LogP) is 0.226. The summed E-state index contributed by atoms with van der Waals surface area (Å²) in [6.07, 6.45) is -12.7. The third-order valence-electron chi connectivity index (χ3n) is 2.14. The molecule has 0 aliphatic carbocycles. The van der Waals surface area contributed by atoms with Crippen LogP contribution in [0.15, 0.2) is 12.1 Å². The topological polar surface area (TPSA) is 99.4 Å². The highest BCUT2D eigenvalue weighted by atomic mass is 16.8. The Hall–Kier alpha value is -1.93. The number of hydrogen-bond donors (Lipinski definition) is 2. The molecule has 0 saturated carbocycles. The average Bonchev–Trinajstić information content (AvgIpc) is 2.91. The van der Waals surface area contributed by atoms with Crippen LogP contribution in [0.2, 0.25) is 0 Å². The van der Waals surface area contributed by atoms with E-state index in [1.165, 1.54) is 0 Å². The minimum Gasteiger partial charge on any atom is -0.492 e. The number of nitrogens with zero attached hydrogens (tertiary/aromatic N) is 1. The third-order valence-corrected chi connectivity index (χ3v) is 2.14. The molecule has 0 bridgehead atoms. The van der Waals surface area contributed by atoms with Gasteiger partial charge >= 0.3 is 6.16 Å². The van der Waals surface area contributed by atoms with Crippen molar-refractivity contribution in [2.45, 2.75) is 18.7 Å². The third kappa shape index (κ3) is 2.20. The maximum atomic E-state index is 12.0. The molecule has 2 aliphatic rings. The Morgan fingerprint density at radius 2 is 2.21 bits per heavy atom. The van der Waals surface area contributed by atoms with Crippen molar-refractivity contribution in [1.82, 2.24) is 4.73 Å². The van der Waals surface area contributed by atoms with Crippen LogP contribution in [0.4, 0.5) is 4.79 Å². The minimum absolute atomic E-state index is 0.112. The maximum Gasteiger partial charge on any atom is 0.534 e.